The Kier molecular flexibility index (Phi) is 7.14. The molecule has 2 aromatic carbocycles. The van der Waals surface area contributed by atoms with Crippen LogP contribution < -0.4 is 10.9 Å². The SMILES string of the molecule is COC(=O)c1ccccc1NC(=O)CSc1nc2scc(-c3ccc(C(C)C)cc3)c2c(=O)[nH]1. The number of carbonyl (C=O) groups is 2. The first-order chi connectivity index (χ1) is 16.4. The minimum atomic E-state index is -0.535. The van der Waals surface area contributed by atoms with E-state index in [1.807, 2.05) is 17.5 Å². The molecule has 0 aliphatic heterocycles. The topological polar surface area (TPSA) is 101 Å². The second-order valence-electron chi connectivity index (χ2n) is 7.85. The van der Waals surface area contributed by atoms with Crippen LogP contribution in [0.5, 0.6) is 0 Å². The first kappa shape index (κ1) is 23.7. The number of thioether (sulfide) groups is 1. The van der Waals surface area contributed by atoms with Crippen LogP contribution in [0.25, 0.3) is 21.3 Å². The summed E-state index contributed by atoms with van der Waals surface area (Å²) in [7, 11) is 1.28. The summed E-state index contributed by atoms with van der Waals surface area (Å²) in [5.41, 5.74) is 3.44. The largest absolute Gasteiger partial charge is 0.465 e. The number of aromatic amines is 1. The predicted octanol–water partition coefficient (Wildman–Crippen LogP) is 5.29. The lowest BCUT2D eigenvalue weighted by Crippen LogP contribution is -2.17. The van der Waals surface area contributed by atoms with E-state index in [1.165, 1.54) is 24.0 Å². The van der Waals surface area contributed by atoms with Crippen LogP contribution in [-0.4, -0.2) is 34.7 Å². The minimum absolute atomic E-state index is 0.0127. The summed E-state index contributed by atoms with van der Waals surface area (Å²) in [4.78, 5) is 45.1. The predicted molar refractivity (Wildman–Crippen MR) is 137 cm³/mol. The van der Waals surface area contributed by atoms with Gasteiger partial charge in [0.2, 0.25) is 5.91 Å². The van der Waals surface area contributed by atoms with Gasteiger partial charge in [0.1, 0.15) is 4.83 Å². The molecule has 9 heteroatoms. The summed E-state index contributed by atoms with van der Waals surface area (Å²) in [5, 5.41) is 5.54. The number of aromatic nitrogens is 2. The molecule has 2 heterocycles. The van der Waals surface area contributed by atoms with E-state index in [9.17, 15) is 14.4 Å². The lowest BCUT2D eigenvalue weighted by molar-refractivity contribution is -0.113. The van der Waals surface area contributed by atoms with E-state index >= 15 is 0 Å². The van der Waals surface area contributed by atoms with Gasteiger partial charge in [0.15, 0.2) is 5.16 Å². The lowest BCUT2D eigenvalue weighted by atomic mass is 9.99. The number of methoxy groups -OCH3 is 1. The number of esters is 1. The van der Waals surface area contributed by atoms with Crippen molar-refractivity contribution >= 4 is 50.9 Å². The molecule has 0 atom stereocenters. The molecule has 0 unspecified atom stereocenters. The van der Waals surface area contributed by atoms with E-state index in [2.05, 4.69) is 41.3 Å². The fourth-order valence-corrected chi connectivity index (χ4v) is 5.12. The molecule has 0 saturated heterocycles. The van der Waals surface area contributed by atoms with Crippen LogP contribution in [-0.2, 0) is 9.53 Å². The Hall–Kier alpha value is -3.43. The second-order valence-corrected chi connectivity index (χ2v) is 9.67. The van der Waals surface area contributed by atoms with E-state index in [-0.39, 0.29) is 22.8 Å². The van der Waals surface area contributed by atoms with Crippen molar-refractivity contribution in [2.45, 2.75) is 24.9 Å². The van der Waals surface area contributed by atoms with E-state index in [1.54, 1.807) is 24.3 Å². The van der Waals surface area contributed by atoms with E-state index in [0.29, 0.717) is 27.0 Å². The van der Waals surface area contributed by atoms with Crippen molar-refractivity contribution < 1.29 is 14.3 Å². The summed E-state index contributed by atoms with van der Waals surface area (Å²) in [5.74, 6) is -0.420. The molecule has 0 radical (unpaired) electrons. The zero-order valence-electron chi connectivity index (χ0n) is 18.9. The third-order valence-electron chi connectivity index (χ3n) is 5.26. The van der Waals surface area contributed by atoms with Crippen LogP contribution in [0, 0.1) is 0 Å². The van der Waals surface area contributed by atoms with Gasteiger partial charge in [0, 0.05) is 10.9 Å². The maximum atomic E-state index is 12.9. The number of thiophene rings is 1. The molecular weight excluding hydrogens is 470 g/mol. The highest BCUT2D eigenvalue weighted by Crippen LogP contribution is 2.32. The third kappa shape index (κ3) is 5.05. The van der Waals surface area contributed by atoms with Crippen molar-refractivity contribution in [3.05, 3.63) is 75.4 Å². The normalized spacial score (nSPS) is 11.1. The van der Waals surface area contributed by atoms with Crippen LogP contribution >= 0.6 is 23.1 Å². The number of carbonyl (C=O) groups excluding carboxylic acids is 2. The van der Waals surface area contributed by atoms with Gasteiger partial charge in [0.25, 0.3) is 5.56 Å². The van der Waals surface area contributed by atoms with E-state index in [4.69, 9.17) is 4.74 Å². The van der Waals surface area contributed by atoms with Gasteiger partial charge in [-0.25, -0.2) is 9.78 Å². The second kappa shape index (κ2) is 10.2. The number of anilines is 1. The number of ether oxygens (including phenoxy) is 1. The van der Waals surface area contributed by atoms with Gasteiger partial charge in [-0.15, -0.1) is 11.3 Å². The molecule has 4 aromatic rings. The number of amides is 1. The van der Waals surface area contributed by atoms with Gasteiger partial charge >= 0.3 is 5.97 Å². The molecule has 2 aromatic heterocycles. The number of nitrogens with zero attached hydrogens (tertiary/aromatic N) is 1. The number of nitrogens with one attached hydrogen (secondary N) is 2. The maximum Gasteiger partial charge on any atom is 0.339 e. The minimum Gasteiger partial charge on any atom is -0.465 e. The number of H-pyrrole nitrogens is 1. The van der Waals surface area contributed by atoms with Gasteiger partial charge in [-0.1, -0.05) is 62.0 Å². The van der Waals surface area contributed by atoms with Crippen molar-refractivity contribution in [3.63, 3.8) is 0 Å². The highest BCUT2D eigenvalue weighted by atomic mass is 32.2. The Bertz CT molecular complexity index is 1410. The molecule has 0 spiro atoms. The van der Waals surface area contributed by atoms with Crippen molar-refractivity contribution in [1.82, 2.24) is 9.97 Å². The molecule has 0 aliphatic rings. The fourth-order valence-electron chi connectivity index (χ4n) is 3.46. The van der Waals surface area contributed by atoms with Gasteiger partial charge < -0.3 is 15.0 Å². The lowest BCUT2D eigenvalue weighted by Gasteiger charge is -2.09. The van der Waals surface area contributed by atoms with E-state index in [0.717, 1.165) is 22.9 Å². The molecule has 34 heavy (non-hydrogen) atoms. The van der Waals surface area contributed by atoms with Crippen molar-refractivity contribution in [2.24, 2.45) is 0 Å². The van der Waals surface area contributed by atoms with Gasteiger partial charge in [-0.3, -0.25) is 9.59 Å². The number of hydrogen-bond acceptors (Lipinski definition) is 7. The molecule has 0 saturated carbocycles. The zero-order valence-corrected chi connectivity index (χ0v) is 20.5. The fraction of sp³-hybridized carbons (Fsp3) is 0.200. The van der Waals surface area contributed by atoms with Crippen molar-refractivity contribution in [1.29, 1.82) is 0 Å². The monoisotopic (exact) mass is 493 g/mol. The standard InChI is InChI=1S/C25H23N3O4S2/c1-14(2)15-8-10-16(11-9-15)18-12-33-23-21(18)22(30)27-25(28-23)34-13-20(29)26-19-7-5-4-6-17(19)24(31)32-3/h4-12,14H,13H2,1-3H3,(H,26,29)(H,27,28,30). The highest BCUT2D eigenvalue weighted by Gasteiger charge is 2.16. The Morgan fingerprint density at radius 1 is 1.15 bits per heavy atom. The van der Waals surface area contributed by atoms with E-state index < -0.39 is 5.97 Å². The number of hydrogen-bond donors (Lipinski definition) is 2. The van der Waals surface area contributed by atoms with Crippen LogP contribution in [0.1, 0.15) is 35.7 Å². The Labute approximate surface area is 204 Å². The van der Waals surface area contributed by atoms with Crippen molar-refractivity contribution in [2.75, 3.05) is 18.2 Å². The van der Waals surface area contributed by atoms with Crippen LogP contribution in [0.4, 0.5) is 5.69 Å². The summed E-state index contributed by atoms with van der Waals surface area (Å²) in [6.07, 6.45) is 0. The number of benzene rings is 2. The first-order valence-electron chi connectivity index (χ1n) is 10.6. The molecule has 0 fully saturated rings. The summed E-state index contributed by atoms with van der Waals surface area (Å²) < 4.78 is 4.75. The molecule has 2 N–H and O–H groups in total. The maximum absolute atomic E-state index is 12.9. The highest BCUT2D eigenvalue weighted by molar-refractivity contribution is 7.99. The zero-order chi connectivity index (χ0) is 24.2. The summed E-state index contributed by atoms with van der Waals surface area (Å²) >= 11 is 2.51. The molecule has 174 valence electrons. The number of para-hydroxylation sites is 1. The van der Waals surface area contributed by atoms with Crippen LogP contribution in [0.15, 0.2) is 63.9 Å². The molecule has 0 aliphatic carbocycles. The van der Waals surface area contributed by atoms with Gasteiger partial charge in [-0.2, -0.15) is 0 Å². The Balaban J connectivity index is 1.49. The molecule has 7 nitrogen and oxygen atoms in total. The van der Waals surface area contributed by atoms with Crippen LogP contribution in [0.3, 0.4) is 0 Å². The Morgan fingerprint density at radius 3 is 2.59 bits per heavy atom. The average Bonchev–Trinajstić information content (AvgIpc) is 3.27. The first-order valence-corrected chi connectivity index (χ1v) is 12.5. The molecular formula is C25H23N3O4S2. The summed E-state index contributed by atoms with van der Waals surface area (Å²) in [6, 6.07) is 14.8. The summed E-state index contributed by atoms with van der Waals surface area (Å²) in [6.45, 7) is 4.28. The van der Waals surface area contributed by atoms with Gasteiger partial charge in [-0.05, 0) is 29.2 Å². The Morgan fingerprint density at radius 2 is 1.88 bits per heavy atom. The third-order valence-corrected chi connectivity index (χ3v) is 7.00. The average molecular weight is 494 g/mol. The quantitative estimate of drug-likeness (QED) is 0.206. The number of rotatable bonds is 7. The molecule has 1 amide bonds. The number of fused-ring (bicyclic) bond motifs is 1. The van der Waals surface area contributed by atoms with Gasteiger partial charge in [0.05, 0.1) is 29.5 Å². The van der Waals surface area contributed by atoms with Crippen LogP contribution in [0.2, 0.25) is 0 Å². The molecule has 0 bridgehead atoms. The van der Waals surface area contributed by atoms with Crippen molar-refractivity contribution in [3.8, 4) is 11.1 Å². The molecule has 4 rings (SSSR count). The smallest absolute Gasteiger partial charge is 0.339 e.